The maximum atomic E-state index is 6.00. The summed E-state index contributed by atoms with van der Waals surface area (Å²) in [5.74, 6) is 1.09. The number of nitrogens with two attached hydrogens (primary N) is 1. The largest absolute Gasteiger partial charge is 0.330 e. The van der Waals surface area contributed by atoms with Crippen LogP contribution in [-0.4, -0.2) is 15.6 Å². The molecular formula is C12H15N3S. The summed E-state index contributed by atoms with van der Waals surface area (Å²) in [7, 11) is 0. The molecule has 1 unspecified atom stereocenters. The van der Waals surface area contributed by atoms with Gasteiger partial charge >= 0.3 is 0 Å². The van der Waals surface area contributed by atoms with Crippen molar-refractivity contribution in [2.24, 2.45) is 5.73 Å². The Balaban J connectivity index is 2.12. The lowest BCUT2D eigenvalue weighted by atomic mass is 10.0. The standard InChI is InChI=1S/C12H15N3S/c1-8-14-12(11-3-2-6-16-11)10-5-4-9(13)7-15(8)10/h2-3,6,9H,4-5,7,13H2,1H3. The minimum Gasteiger partial charge on any atom is -0.330 e. The number of hydrogen-bond acceptors (Lipinski definition) is 3. The van der Waals surface area contributed by atoms with Gasteiger partial charge in [0.25, 0.3) is 0 Å². The summed E-state index contributed by atoms with van der Waals surface area (Å²) in [6, 6.07) is 4.51. The molecule has 1 atom stereocenters. The molecule has 0 bridgehead atoms. The maximum Gasteiger partial charge on any atom is 0.106 e. The normalized spacial score (nSPS) is 19.8. The topological polar surface area (TPSA) is 43.8 Å². The van der Waals surface area contributed by atoms with Crippen LogP contribution in [0, 0.1) is 6.92 Å². The number of aryl methyl sites for hydroxylation is 1. The molecule has 4 heteroatoms. The van der Waals surface area contributed by atoms with Crippen molar-refractivity contribution in [1.29, 1.82) is 0 Å². The number of hydrogen-bond donors (Lipinski definition) is 1. The van der Waals surface area contributed by atoms with Crippen molar-refractivity contribution >= 4 is 11.3 Å². The lowest BCUT2D eigenvalue weighted by Gasteiger charge is -2.22. The number of aromatic nitrogens is 2. The van der Waals surface area contributed by atoms with E-state index in [0.717, 1.165) is 25.2 Å². The van der Waals surface area contributed by atoms with Crippen molar-refractivity contribution in [3.8, 4) is 10.6 Å². The average molecular weight is 233 g/mol. The highest BCUT2D eigenvalue weighted by Gasteiger charge is 2.22. The minimum absolute atomic E-state index is 0.289. The first-order valence-electron chi connectivity index (χ1n) is 5.61. The first-order chi connectivity index (χ1) is 7.75. The molecule has 1 aliphatic rings. The summed E-state index contributed by atoms with van der Waals surface area (Å²) in [6.45, 7) is 2.98. The Morgan fingerprint density at radius 2 is 2.44 bits per heavy atom. The molecule has 0 aromatic carbocycles. The fourth-order valence-corrected chi connectivity index (χ4v) is 3.10. The van der Waals surface area contributed by atoms with Crippen LogP contribution in [0.2, 0.25) is 0 Å². The Hall–Kier alpha value is -1.13. The summed E-state index contributed by atoms with van der Waals surface area (Å²) in [5.41, 5.74) is 8.53. The predicted molar refractivity (Wildman–Crippen MR) is 66.6 cm³/mol. The van der Waals surface area contributed by atoms with Gasteiger partial charge in [-0.25, -0.2) is 4.98 Å². The van der Waals surface area contributed by atoms with Crippen molar-refractivity contribution in [2.45, 2.75) is 32.4 Å². The molecule has 3 rings (SSSR count). The molecule has 3 heterocycles. The van der Waals surface area contributed by atoms with Gasteiger partial charge in [-0.1, -0.05) is 6.07 Å². The Bertz CT molecular complexity index is 499. The molecule has 0 amide bonds. The van der Waals surface area contributed by atoms with Crippen molar-refractivity contribution < 1.29 is 0 Å². The van der Waals surface area contributed by atoms with Crippen molar-refractivity contribution in [1.82, 2.24) is 9.55 Å². The molecule has 0 saturated carbocycles. The van der Waals surface area contributed by atoms with Crippen LogP contribution in [0.5, 0.6) is 0 Å². The van der Waals surface area contributed by atoms with E-state index < -0.39 is 0 Å². The van der Waals surface area contributed by atoms with E-state index in [4.69, 9.17) is 5.73 Å². The second-order valence-corrected chi connectivity index (χ2v) is 5.29. The van der Waals surface area contributed by atoms with Crippen LogP contribution in [0.3, 0.4) is 0 Å². The summed E-state index contributed by atoms with van der Waals surface area (Å²) < 4.78 is 2.28. The molecule has 0 aliphatic carbocycles. The number of nitrogens with zero attached hydrogens (tertiary/aromatic N) is 2. The second-order valence-electron chi connectivity index (χ2n) is 4.34. The molecule has 1 aliphatic heterocycles. The zero-order chi connectivity index (χ0) is 11.1. The van der Waals surface area contributed by atoms with Gasteiger partial charge in [0.2, 0.25) is 0 Å². The molecule has 0 spiro atoms. The highest BCUT2D eigenvalue weighted by atomic mass is 32.1. The number of imidazole rings is 1. The molecular weight excluding hydrogens is 218 g/mol. The third kappa shape index (κ3) is 1.49. The number of thiophene rings is 1. The van der Waals surface area contributed by atoms with E-state index in [9.17, 15) is 0 Å². The fraction of sp³-hybridized carbons (Fsp3) is 0.417. The molecule has 16 heavy (non-hydrogen) atoms. The van der Waals surface area contributed by atoms with Crippen LogP contribution >= 0.6 is 11.3 Å². The zero-order valence-electron chi connectivity index (χ0n) is 9.31. The van der Waals surface area contributed by atoms with Crippen LogP contribution in [0.15, 0.2) is 17.5 Å². The molecule has 0 radical (unpaired) electrons. The smallest absolute Gasteiger partial charge is 0.106 e. The SMILES string of the molecule is Cc1nc(-c2cccs2)c2n1CC(N)CC2. The van der Waals surface area contributed by atoms with Gasteiger partial charge in [0.1, 0.15) is 11.5 Å². The van der Waals surface area contributed by atoms with Gasteiger partial charge in [-0.3, -0.25) is 0 Å². The summed E-state index contributed by atoms with van der Waals surface area (Å²) in [4.78, 5) is 5.96. The molecule has 84 valence electrons. The fourth-order valence-electron chi connectivity index (χ4n) is 2.36. The van der Waals surface area contributed by atoms with Crippen molar-refractivity contribution in [3.63, 3.8) is 0 Å². The van der Waals surface area contributed by atoms with Gasteiger partial charge in [0.05, 0.1) is 4.88 Å². The molecule has 0 fully saturated rings. The maximum absolute atomic E-state index is 6.00. The molecule has 2 aromatic heterocycles. The quantitative estimate of drug-likeness (QED) is 0.820. The zero-order valence-corrected chi connectivity index (χ0v) is 10.1. The van der Waals surface area contributed by atoms with Crippen LogP contribution in [0.4, 0.5) is 0 Å². The molecule has 2 N–H and O–H groups in total. The van der Waals surface area contributed by atoms with Gasteiger partial charge in [-0.2, -0.15) is 0 Å². The summed E-state index contributed by atoms with van der Waals surface area (Å²) in [5, 5.41) is 2.10. The lowest BCUT2D eigenvalue weighted by molar-refractivity contribution is 0.454. The van der Waals surface area contributed by atoms with E-state index in [0.29, 0.717) is 0 Å². The summed E-state index contributed by atoms with van der Waals surface area (Å²) >= 11 is 1.76. The highest BCUT2D eigenvalue weighted by molar-refractivity contribution is 7.13. The van der Waals surface area contributed by atoms with E-state index in [1.807, 2.05) is 0 Å². The minimum atomic E-state index is 0.289. The van der Waals surface area contributed by atoms with E-state index >= 15 is 0 Å². The van der Waals surface area contributed by atoms with Crippen LogP contribution < -0.4 is 5.73 Å². The number of fused-ring (bicyclic) bond motifs is 1. The van der Waals surface area contributed by atoms with Crippen molar-refractivity contribution in [2.75, 3.05) is 0 Å². The molecule has 2 aromatic rings. The van der Waals surface area contributed by atoms with Gasteiger partial charge < -0.3 is 10.3 Å². The van der Waals surface area contributed by atoms with Crippen LogP contribution in [0.25, 0.3) is 10.6 Å². The molecule has 3 nitrogen and oxygen atoms in total. The third-order valence-electron chi connectivity index (χ3n) is 3.19. The predicted octanol–water partition coefficient (Wildman–Crippen LogP) is 2.19. The monoisotopic (exact) mass is 233 g/mol. The van der Waals surface area contributed by atoms with E-state index in [1.165, 1.54) is 16.3 Å². The lowest BCUT2D eigenvalue weighted by Crippen LogP contribution is -2.32. The van der Waals surface area contributed by atoms with Gasteiger partial charge in [-0.05, 0) is 31.2 Å². The molecule has 0 saturated heterocycles. The van der Waals surface area contributed by atoms with Gasteiger partial charge in [0, 0.05) is 18.3 Å². The Kier molecular flexibility index (Phi) is 2.33. The number of rotatable bonds is 1. The second kappa shape index (κ2) is 3.71. The van der Waals surface area contributed by atoms with E-state index in [-0.39, 0.29) is 6.04 Å². The first-order valence-corrected chi connectivity index (χ1v) is 6.49. The van der Waals surface area contributed by atoms with Crippen LogP contribution in [0.1, 0.15) is 17.9 Å². The van der Waals surface area contributed by atoms with Gasteiger partial charge in [0.15, 0.2) is 0 Å². The highest BCUT2D eigenvalue weighted by Crippen LogP contribution is 2.31. The third-order valence-corrected chi connectivity index (χ3v) is 4.06. The Labute approximate surface area is 98.9 Å². The van der Waals surface area contributed by atoms with E-state index in [1.54, 1.807) is 11.3 Å². The van der Waals surface area contributed by atoms with E-state index in [2.05, 4.69) is 34.0 Å². The Morgan fingerprint density at radius 3 is 3.19 bits per heavy atom. The van der Waals surface area contributed by atoms with Crippen molar-refractivity contribution in [3.05, 3.63) is 29.0 Å². The van der Waals surface area contributed by atoms with Gasteiger partial charge in [-0.15, -0.1) is 11.3 Å². The van der Waals surface area contributed by atoms with Crippen LogP contribution in [-0.2, 0) is 13.0 Å². The average Bonchev–Trinajstić information content (AvgIpc) is 2.87. The summed E-state index contributed by atoms with van der Waals surface area (Å²) in [6.07, 6.45) is 2.12. The Morgan fingerprint density at radius 1 is 1.56 bits per heavy atom. The first kappa shape index (κ1) is 10.1.